The number of amides is 1. The first-order valence-electron chi connectivity index (χ1n) is 11.3. The first kappa shape index (κ1) is 25.4. The van der Waals surface area contributed by atoms with Crippen molar-refractivity contribution >= 4 is 51.3 Å². The summed E-state index contributed by atoms with van der Waals surface area (Å²) in [4.78, 5) is 40.4. The van der Waals surface area contributed by atoms with Gasteiger partial charge < -0.3 is 19.6 Å². The van der Waals surface area contributed by atoms with Gasteiger partial charge in [0.2, 0.25) is 11.6 Å². The molecule has 5 aromatic rings. The van der Waals surface area contributed by atoms with Gasteiger partial charge in [0.1, 0.15) is 11.3 Å². The van der Waals surface area contributed by atoms with Gasteiger partial charge in [0.15, 0.2) is 12.4 Å². The first-order valence-corrected chi connectivity index (χ1v) is 11.7. The third-order valence-corrected chi connectivity index (χ3v) is 5.86. The van der Waals surface area contributed by atoms with E-state index in [-0.39, 0.29) is 33.3 Å². The molecule has 0 aliphatic carbocycles. The smallest absolute Gasteiger partial charge is 0.313 e. The number of aromatic nitrogens is 2. The van der Waals surface area contributed by atoms with Gasteiger partial charge >= 0.3 is 5.69 Å². The normalized spacial score (nSPS) is 11.3. The second-order valence-electron chi connectivity index (χ2n) is 8.15. The number of nitrogens with zero attached hydrogens (tertiary/aromatic N) is 4. The highest BCUT2D eigenvalue weighted by Crippen LogP contribution is 2.35. The Kier molecular flexibility index (Phi) is 6.69. The molecule has 0 fully saturated rings. The fraction of sp³-hybridized carbons (Fsp3) is 0.0769. The fourth-order valence-corrected chi connectivity index (χ4v) is 4.19. The standard InChI is InChI=1S/C26H18ClN5O7/c1-37-20-7-4-8-21-17(20)11-22(39-21)25-30-18-6-3-2-5-16(18)26(34)31(25)29-12-14-9-15(27)10-19(32(35)36)24(14)38-13-23(28)33/h2-12H,13H2,1H3,(H2,28,33). The maximum atomic E-state index is 13.5. The highest BCUT2D eigenvalue weighted by Gasteiger charge is 2.22. The van der Waals surface area contributed by atoms with Crippen molar-refractivity contribution in [3.8, 4) is 23.1 Å². The molecule has 0 radical (unpaired) electrons. The van der Waals surface area contributed by atoms with Gasteiger partial charge in [-0.3, -0.25) is 19.7 Å². The number of benzene rings is 3. The molecule has 0 saturated carbocycles. The number of ether oxygens (including phenoxy) is 2. The van der Waals surface area contributed by atoms with Crippen LogP contribution in [0.15, 0.2) is 75.0 Å². The van der Waals surface area contributed by atoms with Crippen LogP contribution in [0, 0.1) is 10.1 Å². The van der Waals surface area contributed by atoms with Gasteiger partial charge in [-0.25, -0.2) is 4.98 Å². The van der Waals surface area contributed by atoms with E-state index in [0.29, 0.717) is 22.2 Å². The van der Waals surface area contributed by atoms with Crippen molar-refractivity contribution in [1.29, 1.82) is 0 Å². The Labute approximate surface area is 224 Å². The summed E-state index contributed by atoms with van der Waals surface area (Å²) in [5.41, 5.74) is 5.03. The molecular weight excluding hydrogens is 530 g/mol. The molecular formula is C26H18ClN5O7. The number of nitro benzene ring substituents is 1. The molecule has 39 heavy (non-hydrogen) atoms. The summed E-state index contributed by atoms with van der Waals surface area (Å²) in [5, 5.41) is 16.9. The molecule has 13 heteroatoms. The summed E-state index contributed by atoms with van der Waals surface area (Å²) in [6.45, 7) is -0.632. The molecule has 0 unspecified atom stereocenters. The molecule has 0 aliphatic rings. The van der Waals surface area contributed by atoms with E-state index in [1.165, 1.54) is 13.2 Å². The van der Waals surface area contributed by atoms with Crippen molar-refractivity contribution in [1.82, 2.24) is 9.66 Å². The van der Waals surface area contributed by atoms with Gasteiger partial charge in [0, 0.05) is 16.7 Å². The van der Waals surface area contributed by atoms with Gasteiger partial charge in [-0.05, 0) is 36.4 Å². The van der Waals surface area contributed by atoms with Crippen molar-refractivity contribution in [2.45, 2.75) is 0 Å². The monoisotopic (exact) mass is 547 g/mol. The average Bonchev–Trinajstić information content (AvgIpc) is 3.36. The number of hydrogen-bond donors (Lipinski definition) is 1. The summed E-state index contributed by atoms with van der Waals surface area (Å²) in [7, 11) is 1.53. The van der Waals surface area contributed by atoms with E-state index in [0.717, 1.165) is 17.0 Å². The zero-order valence-corrected chi connectivity index (χ0v) is 20.9. The molecule has 0 saturated heterocycles. The van der Waals surface area contributed by atoms with Crippen molar-refractivity contribution in [3.63, 3.8) is 0 Å². The fourth-order valence-electron chi connectivity index (χ4n) is 3.96. The van der Waals surface area contributed by atoms with Crippen LogP contribution in [0.2, 0.25) is 5.02 Å². The summed E-state index contributed by atoms with van der Waals surface area (Å²) in [5.74, 6) is -0.312. The molecule has 5 rings (SSSR count). The van der Waals surface area contributed by atoms with Crippen LogP contribution in [0.1, 0.15) is 5.56 Å². The maximum absolute atomic E-state index is 13.5. The molecule has 2 aromatic heterocycles. The van der Waals surface area contributed by atoms with Crippen molar-refractivity contribution in [3.05, 3.63) is 91.7 Å². The van der Waals surface area contributed by atoms with Crippen LogP contribution >= 0.6 is 11.6 Å². The molecule has 0 spiro atoms. The van der Waals surface area contributed by atoms with E-state index in [4.69, 9.17) is 31.2 Å². The number of primary amides is 1. The Hall–Kier alpha value is -5.23. The van der Waals surface area contributed by atoms with Crippen molar-refractivity contribution in [2.24, 2.45) is 10.8 Å². The van der Waals surface area contributed by atoms with E-state index in [1.807, 2.05) is 0 Å². The molecule has 2 N–H and O–H groups in total. The quantitative estimate of drug-likeness (QED) is 0.172. The number of nitrogens with two attached hydrogens (primary N) is 1. The van der Waals surface area contributed by atoms with Gasteiger partial charge in [0.05, 0.1) is 34.5 Å². The number of furan rings is 1. The third kappa shape index (κ3) is 4.88. The van der Waals surface area contributed by atoms with Gasteiger partial charge in [0.25, 0.3) is 11.5 Å². The van der Waals surface area contributed by atoms with E-state index in [9.17, 15) is 19.7 Å². The zero-order chi connectivity index (χ0) is 27.7. The lowest BCUT2D eigenvalue weighted by molar-refractivity contribution is -0.385. The van der Waals surface area contributed by atoms with E-state index in [1.54, 1.807) is 48.5 Å². The Morgan fingerprint density at radius 2 is 2.00 bits per heavy atom. The van der Waals surface area contributed by atoms with Crippen LogP contribution in [-0.4, -0.2) is 40.4 Å². The summed E-state index contributed by atoms with van der Waals surface area (Å²) in [6.07, 6.45) is 1.14. The molecule has 1 amide bonds. The molecule has 2 heterocycles. The number of methoxy groups -OCH3 is 1. The van der Waals surface area contributed by atoms with Crippen LogP contribution in [0.3, 0.4) is 0 Å². The van der Waals surface area contributed by atoms with Gasteiger partial charge in [-0.1, -0.05) is 29.8 Å². The molecule has 0 bridgehead atoms. The van der Waals surface area contributed by atoms with Crippen molar-refractivity contribution < 1.29 is 23.6 Å². The number of carbonyl (C=O) groups is 1. The summed E-state index contributed by atoms with van der Waals surface area (Å²) >= 11 is 6.10. The minimum absolute atomic E-state index is 0.00293. The number of hydrogen-bond acceptors (Lipinski definition) is 9. The zero-order valence-electron chi connectivity index (χ0n) is 20.2. The Morgan fingerprint density at radius 3 is 2.74 bits per heavy atom. The molecule has 12 nitrogen and oxygen atoms in total. The van der Waals surface area contributed by atoms with Gasteiger partial charge in [-0.2, -0.15) is 9.78 Å². The van der Waals surface area contributed by atoms with Crippen LogP contribution in [-0.2, 0) is 4.79 Å². The lowest BCUT2D eigenvalue weighted by atomic mass is 10.2. The number of fused-ring (bicyclic) bond motifs is 2. The second-order valence-corrected chi connectivity index (χ2v) is 8.59. The van der Waals surface area contributed by atoms with E-state index >= 15 is 0 Å². The van der Waals surface area contributed by atoms with Gasteiger partial charge in [-0.15, -0.1) is 0 Å². The second kappa shape index (κ2) is 10.3. The lowest BCUT2D eigenvalue weighted by Gasteiger charge is -2.10. The average molecular weight is 548 g/mol. The third-order valence-electron chi connectivity index (χ3n) is 5.65. The molecule has 196 valence electrons. The number of para-hydroxylation sites is 1. The molecule has 0 atom stereocenters. The highest BCUT2D eigenvalue weighted by molar-refractivity contribution is 6.31. The number of nitro groups is 1. The van der Waals surface area contributed by atoms with Crippen molar-refractivity contribution in [2.75, 3.05) is 13.7 Å². The number of rotatable bonds is 8. The number of halogens is 1. The predicted molar refractivity (Wildman–Crippen MR) is 144 cm³/mol. The largest absolute Gasteiger partial charge is 0.496 e. The topological polar surface area (TPSA) is 165 Å². The Morgan fingerprint density at radius 1 is 1.21 bits per heavy atom. The van der Waals surface area contributed by atoms with E-state index < -0.39 is 28.7 Å². The van der Waals surface area contributed by atoms with Crippen LogP contribution in [0.5, 0.6) is 11.5 Å². The maximum Gasteiger partial charge on any atom is 0.313 e. The van der Waals surface area contributed by atoms with Crippen LogP contribution in [0.25, 0.3) is 33.5 Å². The van der Waals surface area contributed by atoms with E-state index in [2.05, 4.69) is 10.1 Å². The van der Waals surface area contributed by atoms with Crippen LogP contribution < -0.4 is 20.8 Å². The highest BCUT2D eigenvalue weighted by atomic mass is 35.5. The Bertz CT molecular complexity index is 1860. The summed E-state index contributed by atoms with van der Waals surface area (Å²) in [6, 6.07) is 16.0. The Balaban J connectivity index is 1.73. The minimum Gasteiger partial charge on any atom is -0.496 e. The SMILES string of the molecule is COc1cccc2oc(-c3nc4ccccc4c(=O)n3N=Cc3cc(Cl)cc([N+](=O)[O-])c3OCC(N)=O)cc12. The predicted octanol–water partition coefficient (Wildman–Crippen LogP) is 4.13. The van der Waals surface area contributed by atoms with Crippen LogP contribution in [0.4, 0.5) is 5.69 Å². The molecule has 3 aromatic carbocycles. The first-order chi connectivity index (χ1) is 18.8. The molecule has 0 aliphatic heterocycles. The summed E-state index contributed by atoms with van der Waals surface area (Å²) < 4.78 is 17.7. The minimum atomic E-state index is -0.848. The number of carbonyl (C=O) groups excluding carboxylic acids is 1. The lowest BCUT2D eigenvalue weighted by Crippen LogP contribution is -2.21.